The maximum Gasteiger partial charge on any atom is 0.226 e. The molecule has 5 rings (SSSR count). The van der Waals surface area contributed by atoms with Gasteiger partial charge in [0.15, 0.2) is 0 Å². The average molecular weight is 463 g/mol. The van der Waals surface area contributed by atoms with Gasteiger partial charge in [0.25, 0.3) is 0 Å². The Labute approximate surface area is 201 Å². The first-order valence-electron chi connectivity index (χ1n) is 12.5. The molecule has 0 atom stereocenters. The molecule has 0 spiro atoms. The van der Waals surface area contributed by atoms with Gasteiger partial charge in [-0.05, 0) is 54.7 Å². The first-order valence-corrected chi connectivity index (χ1v) is 12.5. The summed E-state index contributed by atoms with van der Waals surface area (Å²) in [4.78, 5) is 25.0. The minimum absolute atomic E-state index is 0.225. The summed E-state index contributed by atoms with van der Waals surface area (Å²) in [6.07, 6.45) is 4.41. The Kier molecular flexibility index (Phi) is 7.41. The minimum Gasteiger partial charge on any atom is -0.494 e. The summed E-state index contributed by atoms with van der Waals surface area (Å²) in [5, 5.41) is 0. The second kappa shape index (κ2) is 11.0. The fourth-order valence-electron chi connectivity index (χ4n) is 4.77. The summed E-state index contributed by atoms with van der Waals surface area (Å²) >= 11 is 0. The largest absolute Gasteiger partial charge is 0.494 e. The van der Waals surface area contributed by atoms with Crippen LogP contribution in [0.3, 0.4) is 0 Å². The fourth-order valence-corrected chi connectivity index (χ4v) is 4.77. The molecule has 0 bridgehead atoms. The fraction of sp³-hybridized carbons (Fsp3) is 0.481. The van der Waals surface area contributed by atoms with Crippen LogP contribution in [0.25, 0.3) is 11.0 Å². The number of H-pyrrole nitrogens is 1. The highest BCUT2D eigenvalue weighted by Crippen LogP contribution is 2.18. The van der Waals surface area contributed by atoms with Crippen LogP contribution in [-0.4, -0.2) is 71.7 Å². The van der Waals surface area contributed by atoms with Crippen LogP contribution >= 0.6 is 0 Å². The molecule has 2 aliphatic rings. The predicted octanol–water partition coefficient (Wildman–Crippen LogP) is 3.57. The Morgan fingerprint density at radius 2 is 1.88 bits per heavy atom. The van der Waals surface area contributed by atoms with Gasteiger partial charge in [-0.3, -0.25) is 9.69 Å². The molecule has 1 N–H and O–H groups in total. The number of carbonyl (C=O) groups is 1. The van der Waals surface area contributed by atoms with Crippen molar-refractivity contribution in [2.24, 2.45) is 0 Å². The van der Waals surface area contributed by atoms with Crippen molar-refractivity contribution in [2.45, 2.75) is 38.6 Å². The summed E-state index contributed by atoms with van der Waals surface area (Å²) in [5.41, 5.74) is 4.26. The number of fused-ring (bicyclic) bond motifs is 1. The Balaban J connectivity index is 1.10. The van der Waals surface area contributed by atoms with Gasteiger partial charge < -0.3 is 19.4 Å². The average Bonchev–Trinajstić information content (AvgIpc) is 3.53. The molecule has 0 aliphatic carbocycles. The number of amides is 1. The van der Waals surface area contributed by atoms with Crippen LogP contribution in [-0.2, 0) is 28.9 Å². The van der Waals surface area contributed by atoms with E-state index in [1.165, 1.54) is 5.56 Å². The molecular formula is C27H34N4O3. The highest BCUT2D eigenvalue weighted by Gasteiger charge is 2.18. The lowest BCUT2D eigenvalue weighted by atomic mass is 10.1. The minimum atomic E-state index is 0.225. The topological polar surface area (TPSA) is 70.7 Å². The number of aromatic amines is 1. The quantitative estimate of drug-likeness (QED) is 0.493. The summed E-state index contributed by atoms with van der Waals surface area (Å²) in [6, 6.07) is 14.5. The van der Waals surface area contributed by atoms with Crippen molar-refractivity contribution in [2.75, 3.05) is 46.0 Å². The van der Waals surface area contributed by atoms with Crippen LogP contribution in [0.2, 0.25) is 0 Å². The zero-order chi connectivity index (χ0) is 23.2. The Hall–Kier alpha value is -2.90. The van der Waals surface area contributed by atoms with E-state index < -0.39 is 0 Å². The smallest absolute Gasteiger partial charge is 0.226 e. The number of imidazole rings is 1. The lowest BCUT2D eigenvalue weighted by Crippen LogP contribution is -2.35. The van der Waals surface area contributed by atoms with E-state index in [0.29, 0.717) is 13.0 Å². The standard InChI is InChI=1S/C27H34N4O3/c32-27(31-10-1-2-11-31)19-21-8-9-24-25(18-21)29-26(28-24)7-4-14-34-23-6-3-5-22(17-23)20-30-12-15-33-16-13-30/h3,5-6,8-9,17-18H,1-2,4,7,10-16,19-20H2,(H,28,29). The van der Waals surface area contributed by atoms with Gasteiger partial charge >= 0.3 is 0 Å². The number of nitrogens with zero attached hydrogens (tertiary/aromatic N) is 3. The second-order valence-corrected chi connectivity index (χ2v) is 9.29. The molecular weight excluding hydrogens is 428 g/mol. The zero-order valence-electron chi connectivity index (χ0n) is 19.8. The van der Waals surface area contributed by atoms with Crippen molar-refractivity contribution in [1.29, 1.82) is 0 Å². The second-order valence-electron chi connectivity index (χ2n) is 9.29. The number of ether oxygens (including phenoxy) is 2. The van der Waals surface area contributed by atoms with E-state index in [-0.39, 0.29) is 5.91 Å². The molecule has 3 aromatic rings. The number of morpholine rings is 1. The van der Waals surface area contributed by atoms with E-state index in [1.807, 2.05) is 23.1 Å². The summed E-state index contributed by atoms with van der Waals surface area (Å²) in [5.74, 6) is 2.10. The lowest BCUT2D eigenvalue weighted by molar-refractivity contribution is -0.129. The molecule has 180 valence electrons. The highest BCUT2D eigenvalue weighted by atomic mass is 16.5. The van der Waals surface area contributed by atoms with Gasteiger partial charge in [-0.2, -0.15) is 0 Å². The number of rotatable bonds is 9. The molecule has 34 heavy (non-hydrogen) atoms. The molecule has 7 nitrogen and oxygen atoms in total. The van der Waals surface area contributed by atoms with Crippen LogP contribution < -0.4 is 4.74 Å². The maximum atomic E-state index is 12.4. The van der Waals surface area contributed by atoms with Crippen LogP contribution in [0.5, 0.6) is 5.75 Å². The van der Waals surface area contributed by atoms with Crippen molar-refractivity contribution in [3.05, 3.63) is 59.4 Å². The van der Waals surface area contributed by atoms with Crippen LogP contribution in [0.1, 0.15) is 36.2 Å². The lowest BCUT2D eigenvalue weighted by Gasteiger charge is -2.26. The maximum absolute atomic E-state index is 12.4. The first kappa shape index (κ1) is 22.9. The van der Waals surface area contributed by atoms with Crippen LogP contribution in [0.4, 0.5) is 0 Å². The van der Waals surface area contributed by atoms with Gasteiger partial charge in [0.1, 0.15) is 11.6 Å². The molecule has 0 radical (unpaired) electrons. The van der Waals surface area contributed by atoms with E-state index in [2.05, 4.69) is 34.1 Å². The normalized spacial score (nSPS) is 16.9. The summed E-state index contributed by atoms with van der Waals surface area (Å²) in [7, 11) is 0. The predicted molar refractivity (Wildman–Crippen MR) is 132 cm³/mol. The molecule has 7 heteroatoms. The first-order chi connectivity index (χ1) is 16.7. The van der Waals surface area contributed by atoms with E-state index in [4.69, 9.17) is 14.5 Å². The van der Waals surface area contributed by atoms with Crippen molar-refractivity contribution < 1.29 is 14.3 Å². The number of hydrogen-bond acceptors (Lipinski definition) is 5. The molecule has 1 amide bonds. The monoisotopic (exact) mass is 462 g/mol. The number of nitrogens with one attached hydrogen (secondary N) is 1. The Bertz CT molecular complexity index is 1100. The van der Waals surface area contributed by atoms with E-state index in [9.17, 15) is 4.79 Å². The number of carbonyl (C=O) groups excluding carboxylic acids is 1. The highest BCUT2D eigenvalue weighted by molar-refractivity contribution is 5.82. The van der Waals surface area contributed by atoms with Gasteiger partial charge in [-0.25, -0.2) is 4.98 Å². The molecule has 0 unspecified atom stereocenters. The van der Waals surface area contributed by atoms with E-state index in [1.54, 1.807) is 0 Å². The molecule has 2 saturated heterocycles. The third kappa shape index (κ3) is 5.96. The zero-order valence-corrected chi connectivity index (χ0v) is 19.8. The molecule has 0 saturated carbocycles. The van der Waals surface area contributed by atoms with Gasteiger partial charge in [-0.1, -0.05) is 18.2 Å². The number of likely N-dealkylation sites (tertiary alicyclic amines) is 1. The number of aromatic nitrogens is 2. The van der Waals surface area contributed by atoms with Crippen LogP contribution in [0.15, 0.2) is 42.5 Å². The number of aryl methyl sites for hydroxylation is 1. The van der Waals surface area contributed by atoms with Gasteiger partial charge in [0, 0.05) is 39.1 Å². The Morgan fingerprint density at radius 1 is 1.03 bits per heavy atom. The number of benzene rings is 2. The summed E-state index contributed by atoms with van der Waals surface area (Å²) < 4.78 is 11.4. The third-order valence-electron chi connectivity index (χ3n) is 6.64. The van der Waals surface area contributed by atoms with Crippen molar-refractivity contribution in [3.8, 4) is 5.75 Å². The van der Waals surface area contributed by atoms with E-state index in [0.717, 1.165) is 99.8 Å². The third-order valence-corrected chi connectivity index (χ3v) is 6.64. The van der Waals surface area contributed by atoms with E-state index >= 15 is 0 Å². The SMILES string of the molecule is O=C(Cc1ccc2nc(CCCOc3cccc(CN4CCOCC4)c3)[nH]c2c1)N1CCCC1. The van der Waals surface area contributed by atoms with Crippen molar-refractivity contribution in [1.82, 2.24) is 19.8 Å². The Morgan fingerprint density at radius 3 is 2.74 bits per heavy atom. The van der Waals surface area contributed by atoms with Gasteiger partial charge in [0.05, 0.1) is 37.3 Å². The van der Waals surface area contributed by atoms with Crippen molar-refractivity contribution in [3.63, 3.8) is 0 Å². The van der Waals surface area contributed by atoms with Crippen molar-refractivity contribution >= 4 is 16.9 Å². The molecule has 2 aliphatic heterocycles. The van der Waals surface area contributed by atoms with Gasteiger partial charge in [-0.15, -0.1) is 0 Å². The molecule has 2 aromatic carbocycles. The van der Waals surface area contributed by atoms with Gasteiger partial charge in [0.2, 0.25) is 5.91 Å². The number of hydrogen-bond donors (Lipinski definition) is 1. The summed E-state index contributed by atoms with van der Waals surface area (Å²) in [6.45, 7) is 6.98. The molecule has 2 fully saturated rings. The molecule has 1 aromatic heterocycles. The van der Waals surface area contributed by atoms with Crippen LogP contribution in [0, 0.1) is 0 Å². The molecule has 3 heterocycles.